The highest BCUT2D eigenvalue weighted by Gasteiger charge is 2.38. The predicted molar refractivity (Wildman–Crippen MR) is 78.2 cm³/mol. The van der Waals surface area contributed by atoms with Gasteiger partial charge < -0.3 is 25.6 Å². The van der Waals surface area contributed by atoms with E-state index in [2.05, 4.69) is 10.6 Å². The number of ether oxygens (including phenoxy) is 1. The van der Waals surface area contributed by atoms with Gasteiger partial charge in [-0.3, -0.25) is 0 Å². The number of phenols is 2. The molecular weight excluding hydrogens is 272 g/mol. The number of alkyl carbamates (subject to hydrolysis) is 1. The zero-order valence-electron chi connectivity index (χ0n) is 12.5. The first kappa shape index (κ1) is 15.4. The summed E-state index contributed by atoms with van der Waals surface area (Å²) in [5.41, 5.74) is 0.374. The van der Waals surface area contributed by atoms with Crippen molar-refractivity contribution in [3.8, 4) is 11.5 Å². The lowest BCUT2D eigenvalue weighted by atomic mass is 10.2. The number of benzene rings is 1. The van der Waals surface area contributed by atoms with Crippen LogP contribution in [0.4, 0.5) is 4.79 Å². The Labute approximate surface area is 124 Å². The summed E-state index contributed by atoms with van der Waals surface area (Å²) in [5, 5.41) is 24.7. The van der Waals surface area contributed by atoms with Crippen LogP contribution >= 0.6 is 0 Å². The summed E-state index contributed by atoms with van der Waals surface area (Å²) in [7, 11) is 0. The third-order valence-electron chi connectivity index (χ3n) is 3.10. The Morgan fingerprint density at radius 1 is 1.29 bits per heavy atom. The second-order valence-electron chi connectivity index (χ2n) is 6.30. The minimum Gasteiger partial charge on any atom is -0.504 e. The minimum atomic E-state index is -0.495. The molecule has 1 aliphatic rings. The highest BCUT2D eigenvalue weighted by molar-refractivity contribution is 5.68. The molecule has 2 atom stereocenters. The molecule has 0 aliphatic heterocycles. The molecule has 0 bridgehead atoms. The molecule has 21 heavy (non-hydrogen) atoms. The highest BCUT2D eigenvalue weighted by atomic mass is 16.6. The first-order valence-electron chi connectivity index (χ1n) is 6.98. The number of amides is 1. The molecule has 4 N–H and O–H groups in total. The van der Waals surface area contributed by atoms with Gasteiger partial charge in [-0.1, -0.05) is 6.07 Å². The van der Waals surface area contributed by atoms with E-state index in [1.165, 1.54) is 12.1 Å². The fraction of sp³-hybridized carbons (Fsp3) is 0.533. The van der Waals surface area contributed by atoms with E-state index < -0.39 is 11.7 Å². The Morgan fingerprint density at radius 2 is 2.00 bits per heavy atom. The lowest BCUT2D eigenvalue weighted by molar-refractivity contribution is 0.0522. The average molecular weight is 294 g/mol. The van der Waals surface area contributed by atoms with Crippen LogP contribution in [0.2, 0.25) is 0 Å². The summed E-state index contributed by atoms with van der Waals surface area (Å²) >= 11 is 0. The molecule has 0 spiro atoms. The molecule has 1 amide bonds. The van der Waals surface area contributed by atoms with Gasteiger partial charge in [0.05, 0.1) is 0 Å². The van der Waals surface area contributed by atoms with Crippen molar-refractivity contribution in [2.75, 3.05) is 0 Å². The van der Waals surface area contributed by atoms with Crippen LogP contribution in [-0.2, 0) is 11.3 Å². The number of carbonyl (C=O) groups excluding carboxylic acids is 1. The van der Waals surface area contributed by atoms with Crippen molar-refractivity contribution in [1.29, 1.82) is 0 Å². The van der Waals surface area contributed by atoms with Crippen molar-refractivity contribution >= 4 is 6.09 Å². The van der Waals surface area contributed by atoms with Gasteiger partial charge in [-0.2, -0.15) is 0 Å². The van der Waals surface area contributed by atoms with Gasteiger partial charge in [0, 0.05) is 18.6 Å². The van der Waals surface area contributed by atoms with E-state index in [1.54, 1.807) is 6.07 Å². The van der Waals surface area contributed by atoms with E-state index in [1.807, 2.05) is 20.8 Å². The minimum absolute atomic E-state index is 0.0746. The van der Waals surface area contributed by atoms with Crippen molar-refractivity contribution < 1.29 is 19.7 Å². The number of nitrogens with one attached hydrogen (secondary N) is 2. The molecule has 1 aromatic rings. The number of carbonyl (C=O) groups is 1. The zero-order chi connectivity index (χ0) is 15.6. The van der Waals surface area contributed by atoms with Gasteiger partial charge in [0.2, 0.25) is 0 Å². The average Bonchev–Trinajstić information content (AvgIpc) is 3.06. The van der Waals surface area contributed by atoms with E-state index >= 15 is 0 Å². The third-order valence-corrected chi connectivity index (χ3v) is 3.10. The van der Waals surface area contributed by atoms with E-state index in [0.717, 1.165) is 12.0 Å². The molecule has 0 heterocycles. The van der Waals surface area contributed by atoms with E-state index in [0.29, 0.717) is 6.54 Å². The van der Waals surface area contributed by atoms with E-state index in [-0.39, 0.29) is 23.6 Å². The van der Waals surface area contributed by atoms with Crippen LogP contribution < -0.4 is 10.6 Å². The molecule has 2 rings (SSSR count). The van der Waals surface area contributed by atoms with Gasteiger partial charge >= 0.3 is 6.09 Å². The van der Waals surface area contributed by atoms with Gasteiger partial charge in [0.15, 0.2) is 11.5 Å². The summed E-state index contributed by atoms with van der Waals surface area (Å²) in [4.78, 5) is 11.6. The second-order valence-corrected chi connectivity index (χ2v) is 6.30. The molecular formula is C15H22N2O4. The van der Waals surface area contributed by atoms with Crippen molar-refractivity contribution in [2.24, 2.45) is 0 Å². The molecule has 1 aliphatic carbocycles. The molecule has 6 nitrogen and oxygen atoms in total. The molecule has 1 aromatic carbocycles. The molecule has 0 saturated heterocycles. The first-order chi connectivity index (χ1) is 9.74. The smallest absolute Gasteiger partial charge is 0.407 e. The molecule has 0 aromatic heterocycles. The van der Waals surface area contributed by atoms with Crippen molar-refractivity contribution in [1.82, 2.24) is 10.6 Å². The lowest BCUT2D eigenvalue weighted by Gasteiger charge is -2.19. The summed E-state index contributed by atoms with van der Waals surface area (Å²) in [6.45, 7) is 6.04. The second kappa shape index (κ2) is 5.81. The van der Waals surface area contributed by atoms with Gasteiger partial charge in [0.25, 0.3) is 0 Å². The standard InChI is InChI=1S/C15H22N2O4/c1-15(2,3)21-14(20)17-11-7-10(11)16-8-9-4-5-12(18)13(19)6-9/h4-6,10-11,16,18-19H,7-8H2,1-3H3,(H,17,20). The quantitative estimate of drug-likeness (QED) is 0.636. The Balaban J connectivity index is 1.72. The van der Waals surface area contributed by atoms with E-state index in [4.69, 9.17) is 4.74 Å². The largest absolute Gasteiger partial charge is 0.504 e. The SMILES string of the molecule is CC(C)(C)OC(=O)NC1CC1NCc1ccc(O)c(O)c1. The number of hydrogen-bond donors (Lipinski definition) is 4. The Bertz CT molecular complexity index is 525. The first-order valence-corrected chi connectivity index (χ1v) is 6.98. The highest BCUT2D eigenvalue weighted by Crippen LogP contribution is 2.26. The number of phenolic OH excluding ortho intramolecular Hbond substituents is 2. The van der Waals surface area contributed by atoms with Crippen LogP contribution in [-0.4, -0.2) is 34.0 Å². The summed E-state index contributed by atoms with van der Waals surface area (Å²) in [5.74, 6) is -0.261. The number of aromatic hydroxyl groups is 2. The maximum atomic E-state index is 11.6. The molecule has 0 radical (unpaired) electrons. The Kier molecular flexibility index (Phi) is 4.27. The third kappa shape index (κ3) is 4.82. The molecule has 6 heteroatoms. The summed E-state index contributed by atoms with van der Waals surface area (Å²) in [6.07, 6.45) is 0.447. The molecule has 1 fully saturated rings. The van der Waals surface area contributed by atoms with Crippen LogP contribution in [0.25, 0.3) is 0 Å². The van der Waals surface area contributed by atoms with Gasteiger partial charge in [0.1, 0.15) is 5.60 Å². The van der Waals surface area contributed by atoms with E-state index in [9.17, 15) is 15.0 Å². The molecule has 1 saturated carbocycles. The van der Waals surface area contributed by atoms with Crippen LogP contribution in [0.15, 0.2) is 18.2 Å². The van der Waals surface area contributed by atoms with Gasteiger partial charge in [-0.15, -0.1) is 0 Å². The van der Waals surface area contributed by atoms with Crippen molar-refractivity contribution in [3.63, 3.8) is 0 Å². The Morgan fingerprint density at radius 3 is 2.62 bits per heavy atom. The lowest BCUT2D eigenvalue weighted by Crippen LogP contribution is -2.36. The van der Waals surface area contributed by atoms with Crippen LogP contribution in [0.5, 0.6) is 11.5 Å². The Hall–Kier alpha value is -1.95. The normalized spacial score (nSPS) is 20.9. The van der Waals surface area contributed by atoms with Crippen LogP contribution in [0, 0.1) is 0 Å². The zero-order valence-corrected chi connectivity index (χ0v) is 12.5. The number of hydrogen-bond acceptors (Lipinski definition) is 5. The summed E-state index contributed by atoms with van der Waals surface area (Å²) < 4.78 is 5.19. The van der Waals surface area contributed by atoms with Gasteiger partial charge in [-0.05, 0) is 44.9 Å². The van der Waals surface area contributed by atoms with Crippen LogP contribution in [0.1, 0.15) is 32.8 Å². The monoisotopic (exact) mass is 294 g/mol. The fourth-order valence-electron chi connectivity index (χ4n) is 1.97. The van der Waals surface area contributed by atoms with Crippen molar-refractivity contribution in [2.45, 2.75) is 51.4 Å². The van der Waals surface area contributed by atoms with Gasteiger partial charge in [-0.25, -0.2) is 4.79 Å². The maximum absolute atomic E-state index is 11.6. The number of rotatable bonds is 4. The molecule has 116 valence electrons. The van der Waals surface area contributed by atoms with Crippen LogP contribution in [0.3, 0.4) is 0 Å². The van der Waals surface area contributed by atoms with Crippen molar-refractivity contribution in [3.05, 3.63) is 23.8 Å². The maximum Gasteiger partial charge on any atom is 0.407 e. The topological polar surface area (TPSA) is 90.8 Å². The summed E-state index contributed by atoms with van der Waals surface area (Å²) in [6, 6.07) is 4.98. The molecule has 2 unspecified atom stereocenters. The fourth-order valence-corrected chi connectivity index (χ4v) is 1.97. The predicted octanol–water partition coefficient (Wildman–Crippen LogP) is 1.85.